The SMILES string of the molecule is NC(=O)C1=C(c2ccncn2)CC(=O)N2CCOCCN12. The highest BCUT2D eigenvalue weighted by molar-refractivity contribution is 6.04. The topological polar surface area (TPSA) is 102 Å². The summed E-state index contributed by atoms with van der Waals surface area (Å²) in [6, 6.07) is 1.66. The van der Waals surface area contributed by atoms with Gasteiger partial charge in [0.15, 0.2) is 0 Å². The Balaban J connectivity index is 2.11. The van der Waals surface area contributed by atoms with Crippen LogP contribution in [0.5, 0.6) is 0 Å². The Hall–Kier alpha value is -2.48. The van der Waals surface area contributed by atoms with Crippen LogP contribution in [-0.4, -0.2) is 58.1 Å². The third-order valence-electron chi connectivity index (χ3n) is 3.47. The van der Waals surface area contributed by atoms with E-state index in [2.05, 4.69) is 9.97 Å². The van der Waals surface area contributed by atoms with E-state index in [4.69, 9.17) is 10.5 Å². The second kappa shape index (κ2) is 5.49. The highest BCUT2D eigenvalue weighted by Gasteiger charge is 2.36. The molecule has 3 rings (SSSR count). The molecule has 0 bridgehead atoms. The Bertz CT molecular complexity index is 601. The molecule has 3 heterocycles. The quantitative estimate of drug-likeness (QED) is 0.761. The van der Waals surface area contributed by atoms with E-state index < -0.39 is 5.91 Å². The van der Waals surface area contributed by atoms with Crippen LogP contribution in [-0.2, 0) is 14.3 Å². The summed E-state index contributed by atoms with van der Waals surface area (Å²) in [7, 11) is 0. The summed E-state index contributed by atoms with van der Waals surface area (Å²) in [4.78, 5) is 32.2. The van der Waals surface area contributed by atoms with Gasteiger partial charge in [0, 0.05) is 11.8 Å². The van der Waals surface area contributed by atoms with Gasteiger partial charge < -0.3 is 10.5 Å². The lowest BCUT2D eigenvalue weighted by Crippen LogP contribution is -2.52. The molecule has 2 aliphatic rings. The molecule has 1 fully saturated rings. The first kappa shape index (κ1) is 13.5. The Morgan fingerprint density at radius 3 is 2.71 bits per heavy atom. The summed E-state index contributed by atoms with van der Waals surface area (Å²) >= 11 is 0. The van der Waals surface area contributed by atoms with Crippen LogP contribution in [0.25, 0.3) is 5.57 Å². The predicted octanol–water partition coefficient (Wildman–Crippen LogP) is -0.847. The van der Waals surface area contributed by atoms with Gasteiger partial charge in [0.25, 0.3) is 5.91 Å². The van der Waals surface area contributed by atoms with E-state index in [1.807, 2.05) is 0 Å². The molecule has 8 nitrogen and oxygen atoms in total. The fourth-order valence-corrected chi connectivity index (χ4v) is 2.58. The second-order valence-electron chi connectivity index (χ2n) is 4.72. The van der Waals surface area contributed by atoms with E-state index in [0.29, 0.717) is 43.3 Å². The van der Waals surface area contributed by atoms with Gasteiger partial charge in [-0.2, -0.15) is 0 Å². The zero-order valence-electron chi connectivity index (χ0n) is 11.4. The molecular weight excluding hydrogens is 274 g/mol. The summed E-state index contributed by atoms with van der Waals surface area (Å²) in [5.74, 6) is -0.679. The molecule has 2 amide bonds. The van der Waals surface area contributed by atoms with Crippen LogP contribution >= 0.6 is 0 Å². The molecule has 2 N–H and O–H groups in total. The molecule has 2 aliphatic heterocycles. The van der Waals surface area contributed by atoms with Crippen LogP contribution in [0.1, 0.15) is 12.1 Å². The van der Waals surface area contributed by atoms with E-state index in [9.17, 15) is 9.59 Å². The molecule has 0 aliphatic carbocycles. The van der Waals surface area contributed by atoms with Crippen LogP contribution in [0.3, 0.4) is 0 Å². The van der Waals surface area contributed by atoms with E-state index in [1.165, 1.54) is 11.3 Å². The number of hydrogen-bond acceptors (Lipinski definition) is 6. The molecule has 0 spiro atoms. The molecule has 0 saturated carbocycles. The summed E-state index contributed by atoms with van der Waals surface area (Å²) in [6.07, 6.45) is 3.03. The fourth-order valence-electron chi connectivity index (χ4n) is 2.58. The molecule has 110 valence electrons. The van der Waals surface area contributed by atoms with Gasteiger partial charge in [-0.15, -0.1) is 0 Å². The van der Waals surface area contributed by atoms with Gasteiger partial charge in [-0.3, -0.25) is 19.6 Å². The maximum atomic E-state index is 12.3. The number of amides is 2. The van der Waals surface area contributed by atoms with Crippen LogP contribution in [0, 0.1) is 0 Å². The maximum absolute atomic E-state index is 12.3. The van der Waals surface area contributed by atoms with Gasteiger partial charge in [0.05, 0.1) is 38.4 Å². The van der Waals surface area contributed by atoms with Gasteiger partial charge >= 0.3 is 0 Å². The number of fused-ring (bicyclic) bond motifs is 1. The average molecular weight is 289 g/mol. The van der Waals surface area contributed by atoms with Gasteiger partial charge in [-0.25, -0.2) is 9.97 Å². The fraction of sp³-hybridized carbons (Fsp3) is 0.385. The number of rotatable bonds is 2. The lowest BCUT2D eigenvalue weighted by Gasteiger charge is -2.39. The molecule has 21 heavy (non-hydrogen) atoms. The molecule has 1 aromatic rings. The van der Waals surface area contributed by atoms with Crippen molar-refractivity contribution in [3.05, 3.63) is 30.0 Å². The number of aromatic nitrogens is 2. The molecule has 0 radical (unpaired) electrons. The third-order valence-corrected chi connectivity index (χ3v) is 3.47. The molecule has 8 heteroatoms. The Kier molecular flexibility index (Phi) is 3.53. The van der Waals surface area contributed by atoms with Gasteiger partial charge in [0.2, 0.25) is 5.91 Å². The van der Waals surface area contributed by atoms with Crippen LogP contribution in [0.15, 0.2) is 24.3 Å². The molecule has 1 aromatic heterocycles. The minimum atomic E-state index is -0.581. The largest absolute Gasteiger partial charge is 0.378 e. The number of carbonyl (C=O) groups is 2. The van der Waals surface area contributed by atoms with Crippen molar-refractivity contribution in [1.29, 1.82) is 0 Å². The third kappa shape index (κ3) is 2.45. The van der Waals surface area contributed by atoms with Crippen LogP contribution in [0.4, 0.5) is 0 Å². The molecule has 0 atom stereocenters. The first-order valence-electron chi connectivity index (χ1n) is 6.63. The number of ether oxygens (including phenoxy) is 1. The number of primary amides is 1. The zero-order chi connectivity index (χ0) is 14.8. The van der Waals surface area contributed by atoms with Crippen molar-refractivity contribution in [3.8, 4) is 0 Å². The highest BCUT2D eigenvalue weighted by atomic mass is 16.5. The minimum Gasteiger partial charge on any atom is -0.378 e. The lowest BCUT2D eigenvalue weighted by atomic mass is 10.0. The highest BCUT2D eigenvalue weighted by Crippen LogP contribution is 2.30. The lowest BCUT2D eigenvalue weighted by molar-refractivity contribution is -0.146. The zero-order valence-corrected chi connectivity index (χ0v) is 11.4. The van der Waals surface area contributed by atoms with E-state index >= 15 is 0 Å². The summed E-state index contributed by atoms with van der Waals surface area (Å²) in [5.41, 5.74) is 6.92. The first-order valence-corrected chi connectivity index (χ1v) is 6.63. The van der Waals surface area contributed by atoms with Crippen molar-refractivity contribution in [2.24, 2.45) is 5.73 Å². The number of hydrazine groups is 1. The van der Waals surface area contributed by atoms with Crippen LogP contribution in [0.2, 0.25) is 0 Å². The predicted molar refractivity (Wildman–Crippen MR) is 72.0 cm³/mol. The monoisotopic (exact) mass is 289 g/mol. The molecular formula is C13H15N5O3. The molecule has 1 saturated heterocycles. The van der Waals surface area contributed by atoms with Crippen molar-refractivity contribution in [1.82, 2.24) is 20.0 Å². The number of hydrogen-bond donors (Lipinski definition) is 1. The van der Waals surface area contributed by atoms with Gasteiger partial charge in [-0.05, 0) is 6.07 Å². The van der Waals surface area contributed by atoms with Crippen molar-refractivity contribution >= 4 is 17.4 Å². The molecule has 0 unspecified atom stereocenters. The standard InChI is InChI=1S/C13H15N5O3/c14-13(20)12-9(10-1-2-15-8-16-10)7-11(19)17-3-5-21-6-4-18(12)17/h1-2,8H,3-7H2,(H2,14,20). The van der Waals surface area contributed by atoms with E-state index in [1.54, 1.807) is 17.3 Å². The van der Waals surface area contributed by atoms with E-state index in [0.717, 1.165) is 0 Å². The number of nitrogens with two attached hydrogens (primary N) is 1. The van der Waals surface area contributed by atoms with Crippen LogP contribution < -0.4 is 5.73 Å². The van der Waals surface area contributed by atoms with Crippen molar-refractivity contribution in [2.45, 2.75) is 6.42 Å². The Labute approximate surface area is 121 Å². The second-order valence-corrected chi connectivity index (χ2v) is 4.72. The molecule has 0 aromatic carbocycles. The van der Waals surface area contributed by atoms with Gasteiger partial charge in [-0.1, -0.05) is 0 Å². The normalized spacial score (nSPS) is 19.3. The van der Waals surface area contributed by atoms with Gasteiger partial charge in [0.1, 0.15) is 12.0 Å². The Morgan fingerprint density at radius 1 is 1.29 bits per heavy atom. The minimum absolute atomic E-state index is 0.0891. The first-order chi connectivity index (χ1) is 10.2. The average Bonchev–Trinajstić information content (AvgIpc) is 2.73. The maximum Gasteiger partial charge on any atom is 0.267 e. The smallest absolute Gasteiger partial charge is 0.267 e. The van der Waals surface area contributed by atoms with Crippen molar-refractivity contribution in [2.75, 3.05) is 26.3 Å². The van der Waals surface area contributed by atoms with Crippen molar-refractivity contribution in [3.63, 3.8) is 0 Å². The number of carbonyl (C=O) groups excluding carboxylic acids is 2. The van der Waals surface area contributed by atoms with E-state index in [-0.39, 0.29) is 12.3 Å². The summed E-state index contributed by atoms with van der Waals surface area (Å²) in [6.45, 7) is 1.68. The summed E-state index contributed by atoms with van der Waals surface area (Å²) in [5, 5.41) is 3.14. The van der Waals surface area contributed by atoms with Crippen molar-refractivity contribution < 1.29 is 14.3 Å². The number of nitrogens with zero attached hydrogens (tertiary/aromatic N) is 4. The Morgan fingerprint density at radius 2 is 2.05 bits per heavy atom. The summed E-state index contributed by atoms with van der Waals surface area (Å²) < 4.78 is 5.37.